The van der Waals surface area contributed by atoms with Crippen LogP contribution in [0.4, 0.5) is 17.3 Å². The van der Waals surface area contributed by atoms with Crippen molar-refractivity contribution in [2.45, 2.75) is 45.1 Å². The SMILES string of the molecule is CCC1CCC(N(C)c2ncnc(N)c2[N+](=O)[O-])CC1. The van der Waals surface area contributed by atoms with Crippen molar-refractivity contribution in [3.63, 3.8) is 0 Å². The van der Waals surface area contributed by atoms with Crippen molar-refractivity contribution < 1.29 is 4.92 Å². The van der Waals surface area contributed by atoms with Crippen LogP contribution in [0.3, 0.4) is 0 Å². The van der Waals surface area contributed by atoms with Gasteiger partial charge in [-0.15, -0.1) is 0 Å². The largest absolute Gasteiger partial charge is 0.378 e. The number of nitrogens with zero attached hydrogens (tertiary/aromatic N) is 4. The highest BCUT2D eigenvalue weighted by atomic mass is 16.6. The molecule has 0 amide bonds. The first-order valence-electron chi connectivity index (χ1n) is 7.02. The lowest BCUT2D eigenvalue weighted by Gasteiger charge is -2.34. The molecule has 2 rings (SSSR count). The van der Waals surface area contributed by atoms with Gasteiger partial charge in [0, 0.05) is 13.1 Å². The first kappa shape index (κ1) is 14.5. The van der Waals surface area contributed by atoms with E-state index in [2.05, 4.69) is 16.9 Å². The van der Waals surface area contributed by atoms with Crippen LogP contribution in [0.15, 0.2) is 6.33 Å². The van der Waals surface area contributed by atoms with Crippen LogP contribution in [-0.4, -0.2) is 28.0 Å². The molecular weight excluding hydrogens is 258 g/mol. The highest BCUT2D eigenvalue weighted by Crippen LogP contribution is 2.35. The predicted molar refractivity (Wildman–Crippen MR) is 77.5 cm³/mol. The third-order valence-corrected chi connectivity index (χ3v) is 4.29. The van der Waals surface area contributed by atoms with Gasteiger partial charge >= 0.3 is 5.69 Å². The van der Waals surface area contributed by atoms with Crippen LogP contribution in [0.25, 0.3) is 0 Å². The second-order valence-electron chi connectivity index (χ2n) is 5.38. The fraction of sp³-hybridized carbons (Fsp3) is 0.692. The Hall–Kier alpha value is -1.92. The van der Waals surface area contributed by atoms with E-state index in [1.807, 2.05) is 11.9 Å². The maximum atomic E-state index is 11.1. The molecular formula is C13H21N5O2. The van der Waals surface area contributed by atoms with Gasteiger partial charge < -0.3 is 10.6 Å². The minimum absolute atomic E-state index is 0.0749. The molecule has 1 fully saturated rings. The van der Waals surface area contributed by atoms with Gasteiger partial charge in [0.25, 0.3) is 0 Å². The molecule has 0 radical (unpaired) electrons. The fourth-order valence-corrected chi connectivity index (χ4v) is 2.93. The lowest BCUT2D eigenvalue weighted by molar-refractivity contribution is -0.383. The number of aromatic nitrogens is 2. The maximum absolute atomic E-state index is 11.1. The minimum atomic E-state index is -0.501. The van der Waals surface area contributed by atoms with Crippen LogP contribution in [0.2, 0.25) is 0 Å². The summed E-state index contributed by atoms with van der Waals surface area (Å²) in [7, 11) is 1.85. The normalized spacial score (nSPS) is 22.5. The standard InChI is InChI=1S/C13H21N5O2/c1-3-9-4-6-10(7-5-9)17(2)13-11(18(19)20)12(14)15-8-16-13/h8-10H,3-7H2,1-2H3,(H2,14,15,16). The van der Waals surface area contributed by atoms with Crippen molar-refractivity contribution in [1.29, 1.82) is 0 Å². The van der Waals surface area contributed by atoms with Crippen molar-refractivity contribution in [2.75, 3.05) is 17.7 Å². The Morgan fingerprint density at radius 1 is 1.40 bits per heavy atom. The van der Waals surface area contributed by atoms with Gasteiger partial charge in [-0.1, -0.05) is 13.3 Å². The molecule has 1 aromatic rings. The van der Waals surface area contributed by atoms with Gasteiger partial charge in [-0.25, -0.2) is 9.97 Å². The summed E-state index contributed by atoms with van der Waals surface area (Å²) in [4.78, 5) is 20.3. The number of hydrogen-bond acceptors (Lipinski definition) is 6. The Morgan fingerprint density at radius 2 is 2.05 bits per heavy atom. The maximum Gasteiger partial charge on any atom is 0.353 e. The number of anilines is 2. The van der Waals surface area contributed by atoms with E-state index in [9.17, 15) is 10.1 Å². The van der Waals surface area contributed by atoms with E-state index in [0.717, 1.165) is 18.8 Å². The number of nitro groups is 1. The first-order chi connectivity index (χ1) is 9.54. The molecule has 0 saturated heterocycles. The molecule has 0 spiro atoms. The lowest BCUT2D eigenvalue weighted by atomic mass is 9.84. The number of nitrogen functional groups attached to an aromatic ring is 1. The minimum Gasteiger partial charge on any atom is -0.378 e. The van der Waals surface area contributed by atoms with Gasteiger partial charge in [-0.2, -0.15) is 0 Å². The zero-order valence-electron chi connectivity index (χ0n) is 12.0. The summed E-state index contributed by atoms with van der Waals surface area (Å²) >= 11 is 0. The zero-order valence-corrected chi connectivity index (χ0v) is 12.0. The Bertz CT molecular complexity index is 486. The summed E-state index contributed by atoms with van der Waals surface area (Å²) in [5.41, 5.74) is 5.43. The molecule has 2 N–H and O–H groups in total. The van der Waals surface area contributed by atoms with Crippen LogP contribution < -0.4 is 10.6 Å². The Labute approximate surface area is 118 Å². The second kappa shape index (κ2) is 6.02. The van der Waals surface area contributed by atoms with Gasteiger partial charge in [0.15, 0.2) is 0 Å². The predicted octanol–water partition coefficient (Wildman–Crippen LogP) is 2.37. The third-order valence-electron chi connectivity index (χ3n) is 4.29. The summed E-state index contributed by atoms with van der Waals surface area (Å²) < 4.78 is 0. The summed E-state index contributed by atoms with van der Waals surface area (Å²) in [5.74, 6) is 1.03. The molecule has 0 bridgehead atoms. The fourth-order valence-electron chi connectivity index (χ4n) is 2.93. The summed E-state index contributed by atoms with van der Waals surface area (Å²) in [6.07, 6.45) is 6.90. The first-order valence-corrected chi connectivity index (χ1v) is 7.02. The molecule has 7 nitrogen and oxygen atoms in total. The highest BCUT2D eigenvalue weighted by molar-refractivity contribution is 5.68. The average molecular weight is 279 g/mol. The molecule has 1 aromatic heterocycles. The van der Waals surface area contributed by atoms with Crippen LogP contribution in [0, 0.1) is 16.0 Å². The summed E-state index contributed by atoms with van der Waals surface area (Å²) in [6, 6.07) is 0.283. The molecule has 1 heterocycles. The van der Waals surface area contributed by atoms with Gasteiger partial charge in [-0.05, 0) is 31.6 Å². The van der Waals surface area contributed by atoms with Gasteiger partial charge in [0.05, 0.1) is 4.92 Å². The number of nitrogens with two attached hydrogens (primary N) is 1. The van der Waals surface area contributed by atoms with Gasteiger partial charge in [0.2, 0.25) is 11.6 Å². The molecule has 110 valence electrons. The molecule has 20 heavy (non-hydrogen) atoms. The van der Waals surface area contributed by atoms with Crippen molar-refractivity contribution in [1.82, 2.24) is 9.97 Å². The number of hydrogen-bond donors (Lipinski definition) is 1. The third kappa shape index (κ3) is 2.81. The van der Waals surface area contributed by atoms with E-state index < -0.39 is 4.92 Å². The quantitative estimate of drug-likeness (QED) is 0.671. The summed E-state index contributed by atoms with van der Waals surface area (Å²) in [6.45, 7) is 2.21. The van der Waals surface area contributed by atoms with Gasteiger partial charge in [0.1, 0.15) is 6.33 Å². The molecule has 1 aliphatic carbocycles. The molecule has 1 aliphatic rings. The van der Waals surface area contributed by atoms with Crippen LogP contribution in [-0.2, 0) is 0 Å². The molecule has 0 aromatic carbocycles. The van der Waals surface area contributed by atoms with Crippen LogP contribution in [0.1, 0.15) is 39.0 Å². The van der Waals surface area contributed by atoms with E-state index >= 15 is 0 Å². The highest BCUT2D eigenvalue weighted by Gasteiger charge is 2.30. The molecule has 1 saturated carbocycles. The van der Waals surface area contributed by atoms with E-state index in [0.29, 0.717) is 5.82 Å². The molecule has 0 unspecified atom stereocenters. The van der Waals surface area contributed by atoms with E-state index in [-0.39, 0.29) is 17.5 Å². The smallest absolute Gasteiger partial charge is 0.353 e. The van der Waals surface area contributed by atoms with Crippen LogP contribution in [0.5, 0.6) is 0 Å². The average Bonchev–Trinajstić information content (AvgIpc) is 2.46. The van der Waals surface area contributed by atoms with E-state index in [1.54, 1.807) is 0 Å². The van der Waals surface area contributed by atoms with Gasteiger partial charge in [-0.3, -0.25) is 10.1 Å². The van der Waals surface area contributed by atoms with Crippen LogP contribution >= 0.6 is 0 Å². The van der Waals surface area contributed by atoms with Crippen molar-refractivity contribution in [3.05, 3.63) is 16.4 Å². The molecule has 0 aliphatic heterocycles. The van der Waals surface area contributed by atoms with E-state index in [4.69, 9.17) is 5.73 Å². The lowest BCUT2D eigenvalue weighted by Crippen LogP contribution is -2.36. The molecule has 7 heteroatoms. The Kier molecular flexibility index (Phi) is 4.36. The Morgan fingerprint density at radius 3 is 2.60 bits per heavy atom. The monoisotopic (exact) mass is 279 g/mol. The molecule has 0 atom stereocenters. The second-order valence-corrected chi connectivity index (χ2v) is 5.38. The topological polar surface area (TPSA) is 98.2 Å². The number of rotatable bonds is 4. The summed E-state index contributed by atoms with van der Waals surface area (Å²) in [5, 5.41) is 11.1. The van der Waals surface area contributed by atoms with Crippen molar-refractivity contribution in [3.8, 4) is 0 Å². The Balaban J connectivity index is 2.20. The van der Waals surface area contributed by atoms with Crippen molar-refractivity contribution in [2.24, 2.45) is 5.92 Å². The van der Waals surface area contributed by atoms with Crippen molar-refractivity contribution >= 4 is 17.3 Å². The van der Waals surface area contributed by atoms with E-state index in [1.165, 1.54) is 25.6 Å². The zero-order chi connectivity index (χ0) is 14.7.